The van der Waals surface area contributed by atoms with E-state index in [2.05, 4.69) is 4.98 Å². The lowest BCUT2D eigenvalue weighted by Crippen LogP contribution is -2.48. The van der Waals surface area contributed by atoms with Gasteiger partial charge in [-0.2, -0.15) is 17.5 Å². The van der Waals surface area contributed by atoms with Crippen LogP contribution in [0.1, 0.15) is 4.88 Å². The van der Waals surface area contributed by atoms with Gasteiger partial charge in [0.05, 0.1) is 11.1 Å². The van der Waals surface area contributed by atoms with Crippen molar-refractivity contribution in [3.8, 4) is 0 Å². The summed E-state index contributed by atoms with van der Waals surface area (Å²) < 4.78 is 64.4. The first kappa shape index (κ1) is 18.4. The fourth-order valence-corrected chi connectivity index (χ4v) is 4.80. The van der Waals surface area contributed by atoms with E-state index in [1.807, 2.05) is 0 Å². The number of piperazine rings is 1. The maximum atomic E-state index is 12.7. The Bertz CT molecular complexity index is 845. The minimum Gasteiger partial charge on any atom is -0.345 e. The molecule has 1 aliphatic heterocycles. The van der Waals surface area contributed by atoms with Crippen LogP contribution >= 0.6 is 22.9 Å². The molecule has 2 aromatic rings. The van der Waals surface area contributed by atoms with Crippen LogP contribution in [0.25, 0.3) is 0 Å². The average Bonchev–Trinajstić information content (AvgIpc) is 3.06. The van der Waals surface area contributed by atoms with Crippen LogP contribution in [0.5, 0.6) is 0 Å². The molecule has 1 aliphatic rings. The van der Waals surface area contributed by atoms with E-state index in [9.17, 15) is 21.6 Å². The summed E-state index contributed by atoms with van der Waals surface area (Å²) in [5.41, 5.74) is 0. The second kappa shape index (κ2) is 6.75. The molecule has 1 aromatic carbocycles. The van der Waals surface area contributed by atoms with Gasteiger partial charge < -0.3 is 4.90 Å². The zero-order valence-electron chi connectivity index (χ0n) is 12.7. The van der Waals surface area contributed by atoms with Gasteiger partial charge in [0.15, 0.2) is 5.13 Å². The predicted octanol–water partition coefficient (Wildman–Crippen LogP) is 3.33. The second-order valence-electron chi connectivity index (χ2n) is 5.35. The maximum Gasteiger partial charge on any atom is 0.427 e. The van der Waals surface area contributed by atoms with E-state index in [1.54, 1.807) is 4.90 Å². The molecule has 1 saturated heterocycles. The van der Waals surface area contributed by atoms with Gasteiger partial charge in [0.2, 0.25) is 10.0 Å². The molecule has 2 heterocycles. The van der Waals surface area contributed by atoms with Gasteiger partial charge in [-0.1, -0.05) is 22.9 Å². The number of hydrogen-bond donors (Lipinski definition) is 0. The van der Waals surface area contributed by atoms with Crippen molar-refractivity contribution < 1.29 is 21.6 Å². The van der Waals surface area contributed by atoms with E-state index in [-0.39, 0.29) is 36.2 Å². The molecule has 0 atom stereocenters. The van der Waals surface area contributed by atoms with E-state index >= 15 is 0 Å². The van der Waals surface area contributed by atoms with E-state index in [1.165, 1.54) is 28.6 Å². The van der Waals surface area contributed by atoms with E-state index < -0.39 is 21.1 Å². The lowest BCUT2D eigenvalue weighted by atomic mass is 10.4. The first-order chi connectivity index (χ1) is 11.7. The van der Waals surface area contributed by atoms with Crippen LogP contribution in [0.4, 0.5) is 18.3 Å². The second-order valence-corrected chi connectivity index (χ2v) is 8.73. The zero-order valence-corrected chi connectivity index (χ0v) is 15.1. The normalized spacial score (nSPS) is 17.0. The number of rotatable bonds is 3. The minimum atomic E-state index is -4.42. The third kappa shape index (κ3) is 3.91. The lowest BCUT2D eigenvalue weighted by molar-refractivity contribution is -0.134. The topological polar surface area (TPSA) is 53.5 Å². The van der Waals surface area contributed by atoms with Crippen molar-refractivity contribution in [3.63, 3.8) is 0 Å². The van der Waals surface area contributed by atoms with Gasteiger partial charge in [-0.3, -0.25) is 0 Å². The van der Waals surface area contributed by atoms with Crippen LogP contribution in [-0.4, -0.2) is 43.9 Å². The predicted molar refractivity (Wildman–Crippen MR) is 89.5 cm³/mol. The molecule has 1 fully saturated rings. The summed E-state index contributed by atoms with van der Waals surface area (Å²) in [6.45, 7) is 0.896. The van der Waals surface area contributed by atoms with Gasteiger partial charge in [0.25, 0.3) is 0 Å². The number of alkyl halides is 3. The van der Waals surface area contributed by atoms with Gasteiger partial charge in [-0.25, -0.2) is 13.4 Å². The van der Waals surface area contributed by atoms with Crippen molar-refractivity contribution in [2.45, 2.75) is 11.1 Å². The van der Waals surface area contributed by atoms with Gasteiger partial charge >= 0.3 is 6.18 Å². The maximum absolute atomic E-state index is 12.7. The van der Waals surface area contributed by atoms with Gasteiger partial charge in [0.1, 0.15) is 4.88 Å². The molecule has 11 heteroatoms. The number of thiazole rings is 1. The minimum absolute atomic E-state index is 0.138. The Kier molecular flexibility index (Phi) is 4.97. The van der Waals surface area contributed by atoms with E-state index in [4.69, 9.17) is 11.6 Å². The summed E-state index contributed by atoms with van der Waals surface area (Å²) in [6, 6.07) is 5.86. The molecule has 0 amide bonds. The highest BCUT2D eigenvalue weighted by Crippen LogP contribution is 2.36. The summed E-state index contributed by atoms with van der Waals surface area (Å²) >= 11 is 6.33. The van der Waals surface area contributed by atoms with Crippen LogP contribution < -0.4 is 4.90 Å². The smallest absolute Gasteiger partial charge is 0.345 e. The van der Waals surface area contributed by atoms with Crippen LogP contribution in [0.3, 0.4) is 0 Å². The van der Waals surface area contributed by atoms with Crippen molar-refractivity contribution in [2.75, 3.05) is 31.1 Å². The van der Waals surface area contributed by atoms with E-state index in [0.717, 1.165) is 6.20 Å². The number of hydrogen-bond acceptors (Lipinski definition) is 5. The number of nitrogens with zero attached hydrogens (tertiary/aromatic N) is 3. The summed E-state index contributed by atoms with van der Waals surface area (Å²) in [5, 5.41) is 0.684. The van der Waals surface area contributed by atoms with Crippen LogP contribution in [-0.2, 0) is 16.2 Å². The number of anilines is 1. The third-order valence-corrected chi connectivity index (χ3v) is 7.00. The Balaban J connectivity index is 1.69. The van der Waals surface area contributed by atoms with Gasteiger partial charge in [-0.15, -0.1) is 0 Å². The first-order valence-electron chi connectivity index (χ1n) is 7.21. The molecule has 1 aromatic heterocycles. The van der Waals surface area contributed by atoms with Crippen molar-refractivity contribution in [2.24, 2.45) is 0 Å². The molecule has 25 heavy (non-hydrogen) atoms. The van der Waals surface area contributed by atoms with Crippen molar-refractivity contribution in [1.82, 2.24) is 9.29 Å². The first-order valence-corrected chi connectivity index (χ1v) is 9.85. The van der Waals surface area contributed by atoms with Crippen molar-refractivity contribution in [1.29, 1.82) is 0 Å². The van der Waals surface area contributed by atoms with Crippen LogP contribution in [0.15, 0.2) is 35.4 Å². The number of halogens is 4. The Morgan fingerprint density at radius 3 is 2.20 bits per heavy atom. The van der Waals surface area contributed by atoms with E-state index in [0.29, 0.717) is 16.4 Å². The Hall–Kier alpha value is -1.36. The van der Waals surface area contributed by atoms with Gasteiger partial charge in [0, 0.05) is 31.2 Å². The summed E-state index contributed by atoms with van der Waals surface area (Å²) in [7, 11) is -3.65. The molecule has 0 radical (unpaired) electrons. The highest BCUT2D eigenvalue weighted by Gasteiger charge is 2.35. The molecule has 0 N–H and O–H groups in total. The molecule has 0 saturated carbocycles. The molecule has 136 valence electrons. The lowest BCUT2D eigenvalue weighted by Gasteiger charge is -2.33. The average molecular weight is 412 g/mol. The number of aromatic nitrogens is 1. The number of benzene rings is 1. The van der Waals surface area contributed by atoms with Crippen molar-refractivity contribution >= 4 is 38.1 Å². The fraction of sp³-hybridized carbons (Fsp3) is 0.357. The monoisotopic (exact) mass is 411 g/mol. The summed E-state index contributed by atoms with van der Waals surface area (Å²) in [4.78, 5) is 4.84. The Morgan fingerprint density at radius 2 is 1.68 bits per heavy atom. The highest BCUT2D eigenvalue weighted by atomic mass is 35.5. The third-order valence-electron chi connectivity index (χ3n) is 3.73. The summed E-state index contributed by atoms with van der Waals surface area (Å²) in [6.07, 6.45) is -3.62. The zero-order chi connectivity index (χ0) is 18.2. The molecular weight excluding hydrogens is 399 g/mol. The molecule has 5 nitrogen and oxygen atoms in total. The summed E-state index contributed by atoms with van der Waals surface area (Å²) in [5.74, 6) is 0. The molecule has 0 bridgehead atoms. The molecule has 0 spiro atoms. The van der Waals surface area contributed by atoms with Crippen LogP contribution in [0.2, 0.25) is 5.02 Å². The standard InChI is InChI=1S/C14H13ClF3N3O2S2/c15-10-1-3-11(4-2-10)25(22,23)21-7-5-20(6-8-21)13-19-9-12(24-13)14(16,17)18/h1-4,9H,5-8H2. The van der Waals surface area contributed by atoms with Gasteiger partial charge in [-0.05, 0) is 24.3 Å². The SMILES string of the molecule is O=S(=O)(c1ccc(Cl)cc1)N1CCN(c2ncc(C(F)(F)F)s2)CC1. The largest absolute Gasteiger partial charge is 0.427 e. The highest BCUT2D eigenvalue weighted by molar-refractivity contribution is 7.89. The van der Waals surface area contributed by atoms with Crippen LogP contribution in [0, 0.1) is 0 Å². The number of sulfonamides is 1. The quantitative estimate of drug-likeness (QED) is 0.777. The fourth-order valence-electron chi connectivity index (χ4n) is 2.42. The Morgan fingerprint density at radius 1 is 1.08 bits per heavy atom. The van der Waals surface area contributed by atoms with Crippen molar-refractivity contribution in [3.05, 3.63) is 40.4 Å². The molecular formula is C14H13ClF3N3O2S2. The Labute approximate surface area is 151 Å². The molecule has 0 unspecified atom stereocenters. The molecule has 3 rings (SSSR count). The molecule has 0 aliphatic carbocycles.